The normalized spacial score (nSPS) is 6.00. The molecule has 0 fully saturated rings. The first kappa shape index (κ1) is 15.7. The fraction of sp³-hybridized carbons (Fsp3) is 1.00. The topological polar surface area (TPSA) is 38.7 Å². The molecule has 0 aromatic rings. The number of hydrogen-bond donors (Lipinski definition) is 1. The quantitative estimate of drug-likeness (QED) is 0.265. The molecule has 1 radical (unpaired) electrons. The summed E-state index contributed by atoms with van der Waals surface area (Å²) < 4.78 is 3.81. The third-order valence-corrected chi connectivity index (χ3v) is 0.295. The zero-order valence-electron chi connectivity index (χ0n) is 3.67. The van der Waals surface area contributed by atoms with Gasteiger partial charge in [-0.05, 0) is 0 Å². The Bertz CT molecular complexity index is 20.4. The van der Waals surface area contributed by atoms with E-state index in [1.807, 2.05) is 0 Å². The molecule has 0 aliphatic carbocycles. The molecular formula is C2H8NaO3S. The molecule has 7 heavy (non-hydrogen) atoms. The summed E-state index contributed by atoms with van der Waals surface area (Å²) in [6, 6.07) is 0. The molecule has 0 rings (SSSR count). The van der Waals surface area contributed by atoms with Gasteiger partial charge in [-0.25, -0.2) is 5.26 Å². The Balaban J connectivity index is -0.0000000800. The maximum absolute atomic E-state index is 7.32. The second-order valence-electron chi connectivity index (χ2n) is 0.309. The first-order valence-corrected chi connectivity index (χ1v) is 2.07. The van der Waals surface area contributed by atoms with E-state index < -0.39 is 0 Å². The van der Waals surface area contributed by atoms with Crippen LogP contribution in [0.5, 0.6) is 0 Å². The summed E-state index contributed by atoms with van der Waals surface area (Å²) in [6.07, 6.45) is 1.62. The molecule has 0 atom stereocenters. The van der Waals surface area contributed by atoms with Crippen LogP contribution in [-0.2, 0) is 9.37 Å². The molecule has 41 valence electrons. The summed E-state index contributed by atoms with van der Waals surface area (Å²) in [7, 11) is 0. The Kier molecular flexibility index (Phi) is 35.2. The van der Waals surface area contributed by atoms with Crippen LogP contribution in [0, 0.1) is 0 Å². The van der Waals surface area contributed by atoms with Gasteiger partial charge in [0.2, 0.25) is 0 Å². The molecule has 0 aromatic heterocycles. The summed E-state index contributed by atoms with van der Waals surface area (Å²) in [6.45, 7) is 0. The Morgan fingerprint density at radius 1 is 1.57 bits per heavy atom. The van der Waals surface area contributed by atoms with Crippen molar-refractivity contribution in [2.45, 2.75) is 7.43 Å². The maximum Gasteiger partial charge on any atom is 0.0311 e. The number of rotatable bonds is 2. The summed E-state index contributed by atoms with van der Waals surface area (Å²) in [5.74, 6) is 0. The molecule has 0 aliphatic heterocycles. The molecule has 0 unspecified atom stereocenters. The monoisotopic (exact) mass is 135 g/mol. The van der Waals surface area contributed by atoms with Gasteiger partial charge in [-0.1, -0.05) is 12.5 Å². The standard InChI is InChI=1S/CH4O3S.CH4.Na/c1-5-4-3-2;;/h2H,1H3;1H4;. The minimum atomic E-state index is 0. The van der Waals surface area contributed by atoms with Crippen LogP contribution in [0.4, 0.5) is 0 Å². The zero-order chi connectivity index (χ0) is 4.12. The van der Waals surface area contributed by atoms with Crippen LogP contribution in [0.1, 0.15) is 7.43 Å². The zero-order valence-corrected chi connectivity index (χ0v) is 6.49. The molecule has 0 bridgehead atoms. The Labute approximate surface area is 69.7 Å². The molecule has 3 nitrogen and oxygen atoms in total. The van der Waals surface area contributed by atoms with Crippen molar-refractivity contribution < 1.29 is 14.6 Å². The van der Waals surface area contributed by atoms with Crippen LogP contribution >= 0.6 is 12.0 Å². The van der Waals surface area contributed by atoms with Crippen molar-refractivity contribution in [3.05, 3.63) is 0 Å². The minimum Gasteiger partial charge on any atom is -0.220 e. The van der Waals surface area contributed by atoms with Crippen LogP contribution in [0.15, 0.2) is 0 Å². The van der Waals surface area contributed by atoms with Crippen LogP contribution in [0.2, 0.25) is 0 Å². The van der Waals surface area contributed by atoms with Gasteiger partial charge >= 0.3 is 0 Å². The van der Waals surface area contributed by atoms with Crippen molar-refractivity contribution >= 4 is 41.6 Å². The smallest absolute Gasteiger partial charge is 0.0311 e. The Morgan fingerprint density at radius 3 is 2.00 bits per heavy atom. The first-order chi connectivity index (χ1) is 2.41. The van der Waals surface area contributed by atoms with Gasteiger partial charge in [0.15, 0.2) is 0 Å². The summed E-state index contributed by atoms with van der Waals surface area (Å²) in [4.78, 5) is 0. The Hall–Kier alpha value is 1.23. The fourth-order valence-corrected chi connectivity index (χ4v) is 0.0913. The third-order valence-electron chi connectivity index (χ3n) is 0.0985. The molecule has 0 amide bonds. The van der Waals surface area contributed by atoms with Crippen LogP contribution < -0.4 is 0 Å². The van der Waals surface area contributed by atoms with E-state index in [2.05, 4.69) is 9.37 Å². The average Bonchev–Trinajstić information content (AvgIpc) is 1.41. The molecule has 0 saturated carbocycles. The molecule has 0 aromatic carbocycles. The van der Waals surface area contributed by atoms with Gasteiger partial charge in [-0.2, -0.15) is 0 Å². The van der Waals surface area contributed by atoms with Crippen LogP contribution in [0.3, 0.4) is 0 Å². The van der Waals surface area contributed by atoms with Crippen molar-refractivity contribution in [3.63, 3.8) is 0 Å². The molecule has 0 heterocycles. The van der Waals surface area contributed by atoms with Crippen molar-refractivity contribution in [3.8, 4) is 0 Å². The van der Waals surface area contributed by atoms with Crippen LogP contribution in [0.25, 0.3) is 0 Å². The molecule has 0 aliphatic rings. The van der Waals surface area contributed by atoms with Gasteiger partial charge in [0.05, 0.1) is 0 Å². The molecule has 1 N–H and O–H groups in total. The van der Waals surface area contributed by atoms with E-state index in [9.17, 15) is 0 Å². The summed E-state index contributed by atoms with van der Waals surface area (Å²) >= 11 is 0.929. The predicted molar refractivity (Wildman–Crippen MR) is 30.8 cm³/mol. The average molecular weight is 135 g/mol. The summed E-state index contributed by atoms with van der Waals surface area (Å²) in [5, 5.41) is 10.5. The maximum atomic E-state index is 7.32. The van der Waals surface area contributed by atoms with Gasteiger partial charge in [0, 0.05) is 47.9 Å². The van der Waals surface area contributed by atoms with Crippen LogP contribution in [-0.4, -0.2) is 41.1 Å². The van der Waals surface area contributed by atoms with Gasteiger partial charge in [0.25, 0.3) is 0 Å². The van der Waals surface area contributed by atoms with E-state index in [1.54, 1.807) is 6.26 Å². The van der Waals surface area contributed by atoms with Gasteiger partial charge in [0.1, 0.15) is 0 Å². The van der Waals surface area contributed by atoms with Gasteiger partial charge < -0.3 is 0 Å². The Morgan fingerprint density at radius 2 is 2.00 bits per heavy atom. The van der Waals surface area contributed by atoms with E-state index in [4.69, 9.17) is 5.26 Å². The van der Waals surface area contributed by atoms with Crippen molar-refractivity contribution in [1.82, 2.24) is 0 Å². The third kappa shape index (κ3) is 19.0. The van der Waals surface area contributed by atoms with E-state index in [1.165, 1.54) is 0 Å². The summed E-state index contributed by atoms with van der Waals surface area (Å²) in [5.41, 5.74) is 0. The second kappa shape index (κ2) is 15.7. The van der Waals surface area contributed by atoms with E-state index in [0.717, 1.165) is 12.0 Å². The second-order valence-corrected chi connectivity index (χ2v) is 0.779. The number of hydrogen-bond acceptors (Lipinski definition) is 4. The largest absolute Gasteiger partial charge is 0.220 e. The fourth-order valence-electron chi connectivity index (χ4n) is 0.0304. The van der Waals surface area contributed by atoms with Crippen molar-refractivity contribution in [2.75, 3.05) is 6.26 Å². The first-order valence-electron chi connectivity index (χ1n) is 0.924. The predicted octanol–water partition coefficient (Wildman–Crippen LogP) is 0.941. The SMILES string of the molecule is C.CSOOO.[Na]. The molecule has 0 saturated heterocycles. The molecule has 5 heteroatoms. The minimum absolute atomic E-state index is 0. The van der Waals surface area contributed by atoms with Crippen molar-refractivity contribution in [2.24, 2.45) is 0 Å². The van der Waals surface area contributed by atoms with Gasteiger partial charge in [-0.15, -0.1) is 4.33 Å². The van der Waals surface area contributed by atoms with E-state index in [-0.39, 0.29) is 37.0 Å². The molecule has 0 spiro atoms. The van der Waals surface area contributed by atoms with E-state index in [0.29, 0.717) is 0 Å². The van der Waals surface area contributed by atoms with E-state index >= 15 is 0 Å². The molecular weight excluding hydrogens is 127 g/mol. The van der Waals surface area contributed by atoms with Gasteiger partial charge in [-0.3, -0.25) is 0 Å². The van der Waals surface area contributed by atoms with Crippen molar-refractivity contribution in [1.29, 1.82) is 0 Å².